The second-order valence-electron chi connectivity index (χ2n) is 5.16. The van der Waals surface area contributed by atoms with Crippen molar-refractivity contribution in [1.29, 1.82) is 0 Å². The molecular formula is C14H21FN2O. The van der Waals surface area contributed by atoms with Gasteiger partial charge in [-0.25, -0.2) is 4.39 Å². The Morgan fingerprint density at radius 3 is 2.44 bits per heavy atom. The molecule has 0 aliphatic carbocycles. The van der Waals surface area contributed by atoms with Crippen molar-refractivity contribution in [3.8, 4) is 0 Å². The van der Waals surface area contributed by atoms with Crippen LogP contribution in [0.15, 0.2) is 24.3 Å². The molecule has 1 aromatic rings. The van der Waals surface area contributed by atoms with Gasteiger partial charge in [-0.2, -0.15) is 0 Å². The molecular weight excluding hydrogens is 231 g/mol. The average molecular weight is 252 g/mol. The van der Waals surface area contributed by atoms with Gasteiger partial charge in [0, 0.05) is 26.2 Å². The van der Waals surface area contributed by atoms with E-state index in [1.807, 2.05) is 19.2 Å². The van der Waals surface area contributed by atoms with Crippen LogP contribution in [0.5, 0.6) is 0 Å². The van der Waals surface area contributed by atoms with Crippen LogP contribution < -0.4 is 5.32 Å². The van der Waals surface area contributed by atoms with E-state index in [0.29, 0.717) is 6.54 Å². The van der Waals surface area contributed by atoms with Gasteiger partial charge in [0.25, 0.3) is 0 Å². The summed E-state index contributed by atoms with van der Waals surface area (Å²) < 4.78 is 12.8. The molecule has 0 aromatic heterocycles. The first kappa shape index (κ1) is 13.5. The van der Waals surface area contributed by atoms with Crippen molar-refractivity contribution in [2.45, 2.75) is 25.0 Å². The van der Waals surface area contributed by atoms with E-state index in [0.717, 1.165) is 38.0 Å². The molecule has 0 atom stereocenters. The van der Waals surface area contributed by atoms with Crippen LogP contribution in [0.3, 0.4) is 0 Å². The van der Waals surface area contributed by atoms with Gasteiger partial charge in [0.2, 0.25) is 0 Å². The highest BCUT2D eigenvalue weighted by Gasteiger charge is 2.31. The highest BCUT2D eigenvalue weighted by molar-refractivity contribution is 5.16. The molecule has 0 bridgehead atoms. The van der Waals surface area contributed by atoms with Gasteiger partial charge in [0.15, 0.2) is 0 Å². The fraction of sp³-hybridized carbons (Fsp3) is 0.571. The van der Waals surface area contributed by atoms with Crippen LogP contribution in [0, 0.1) is 5.82 Å². The normalized spacial score (nSPS) is 19.9. The Labute approximate surface area is 108 Å². The number of piperidine rings is 1. The van der Waals surface area contributed by atoms with Crippen LogP contribution in [0.25, 0.3) is 0 Å². The topological polar surface area (TPSA) is 35.5 Å². The predicted molar refractivity (Wildman–Crippen MR) is 69.8 cm³/mol. The molecule has 1 fully saturated rings. The predicted octanol–water partition coefficient (Wildman–Crippen LogP) is 1.37. The smallest absolute Gasteiger partial charge is 0.123 e. The molecule has 4 heteroatoms. The van der Waals surface area contributed by atoms with E-state index in [2.05, 4.69) is 10.2 Å². The van der Waals surface area contributed by atoms with Gasteiger partial charge in [-0.05, 0) is 37.6 Å². The zero-order valence-electron chi connectivity index (χ0n) is 10.8. The first-order valence-corrected chi connectivity index (χ1v) is 6.45. The number of hydrogen-bond acceptors (Lipinski definition) is 3. The van der Waals surface area contributed by atoms with E-state index in [4.69, 9.17) is 0 Å². The summed E-state index contributed by atoms with van der Waals surface area (Å²) in [4.78, 5) is 2.30. The SMILES string of the molecule is CNCC1(O)CCN(Cc2ccc(F)cc2)CC1. The molecule has 0 spiro atoms. The van der Waals surface area contributed by atoms with E-state index in [1.165, 1.54) is 12.1 Å². The number of nitrogens with one attached hydrogen (secondary N) is 1. The lowest BCUT2D eigenvalue weighted by atomic mass is 9.91. The van der Waals surface area contributed by atoms with Crippen molar-refractivity contribution in [2.75, 3.05) is 26.7 Å². The summed E-state index contributed by atoms with van der Waals surface area (Å²) >= 11 is 0. The van der Waals surface area contributed by atoms with Gasteiger partial charge in [-0.1, -0.05) is 12.1 Å². The largest absolute Gasteiger partial charge is 0.388 e. The minimum Gasteiger partial charge on any atom is -0.388 e. The summed E-state index contributed by atoms with van der Waals surface area (Å²) in [5.74, 6) is -0.194. The molecule has 0 saturated carbocycles. The maximum Gasteiger partial charge on any atom is 0.123 e. The summed E-state index contributed by atoms with van der Waals surface area (Å²) in [6.07, 6.45) is 1.57. The standard InChI is InChI=1S/C14H21FN2O/c1-16-11-14(18)6-8-17(9-7-14)10-12-2-4-13(15)5-3-12/h2-5,16,18H,6-11H2,1H3. The number of nitrogens with zero attached hydrogens (tertiary/aromatic N) is 1. The molecule has 1 aliphatic rings. The lowest BCUT2D eigenvalue weighted by molar-refractivity contribution is -0.0203. The van der Waals surface area contributed by atoms with Crippen molar-refractivity contribution in [3.63, 3.8) is 0 Å². The van der Waals surface area contributed by atoms with E-state index >= 15 is 0 Å². The number of benzene rings is 1. The summed E-state index contributed by atoms with van der Waals surface area (Å²) in [6.45, 7) is 3.25. The summed E-state index contributed by atoms with van der Waals surface area (Å²) in [6, 6.07) is 6.64. The lowest BCUT2D eigenvalue weighted by Gasteiger charge is -2.38. The lowest BCUT2D eigenvalue weighted by Crippen LogP contribution is -2.49. The van der Waals surface area contributed by atoms with Gasteiger partial charge < -0.3 is 10.4 Å². The fourth-order valence-electron chi connectivity index (χ4n) is 2.48. The van der Waals surface area contributed by atoms with Gasteiger partial charge in [0.05, 0.1) is 5.60 Å². The average Bonchev–Trinajstić information content (AvgIpc) is 2.35. The monoisotopic (exact) mass is 252 g/mol. The first-order chi connectivity index (χ1) is 8.61. The van der Waals surface area contributed by atoms with E-state index < -0.39 is 5.60 Å². The Hall–Kier alpha value is -0.970. The number of likely N-dealkylation sites (N-methyl/N-ethyl adjacent to an activating group) is 1. The van der Waals surface area contributed by atoms with Crippen molar-refractivity contribution >= 4 is 0 Å². The second kappa shape index (κ2) is 5.78. The number of halogens is 1. The van der Waals surface area contributed by atoms with Crippen LogP contribution in [-0.4, -0.2) is 42.3 Å². The molecule has 1 aromatic carbocycles. The summed E-state index contributed by atoms with van der Waals surface area (Å²) in [5.41, 5.74) is 0.559. The van der Waals surface area contributed by atoms with E-state index in [9.17, 15) is 9.50 Å². The Morgan fingerprint density at radius 2 is 1.89 bits per heavy atom. The third kappa shape index (κ3) is 3.51. The zero-order chi connectivity index (χ0) is 13.0. The number of hydrogen-bond donors (Lipinski definition) is 2. The van der Waals surface area contributed by atoms with Crippen LogP contribution in [0.2, 0.25) is 0 Å². The molecule has 2 N–H and O–H groups in total. The Bertz CT molecular complexity index is 372. The molecule has 1 heterocycles. The van der Waals surface area contributed by atoms with Crippen molar-refractivity contribution < 1.29 is 9.50 Å². The van der Waals surface area contributed by atoms with Gasteiger partial charge in [0.1, 0.15) is 5.82 Å². The van der Waals surface area contributed by atoms with Gasteiger partial charge >= 0.3 is 0 Å². The molecule has 1 aliphatic heterocycles. The summed E-state index contributed by atoms with van der Waals surface area (Å²) in [5, 5.41) is 13.3. The molecule has 0 amide bonds. The second-order valence-corrected chi connectivity index (χ2v) is 5.16. The number of aliphatic hydroxyl groups is 1. The highest BCUT2D eigenvalue weighted by atomic mass is 19.1. The minimum atomic E-state index is -0.561. The fourth-order valence-corrected chi connectivity index (χ4v) is 2.48. The van der Waals surface area contributed by atoms with Crippen molar-refractivity contribution in [1.82, 2.24) is 10.2 Å². The Morgan fingerprint density at radius 1 is 1.28 bits per heavy atom. The summed E-state index contributed by atoms with van der Waals surface area (Å²) in [7, 11) is 1.86. The maximum atomic E-state index is 12.8. The molecule has 0 unspecified atom stereocenters. The number of rotatable bonds is 4. The van der Waals surface area contributed by atoms with Crippen LogP contribution >= 0.6 is 0 Å². The Kier molecular flexibility index (Phi) is 4.32. The van der Waals surface area contributed by atoms with Crippen LogP contribution in [-0.2, 0) is 6.54 Å². The first-order valence-electron chi connectivity index (χ1n) is 6.45. The molecule has 100 valence electrons. The Balaban J connectivity index is 1.85. The molecule has 0 radical (unpaired) electrons. The third-order valence-electron chi connectivity index (χ3n) is 3.61. The zero-order valence-corrected chi connectivity index (χ0v) is 10.8. The van der Waals surface area contributed by atoms with Gasteiger partial charge in [-0.3, -0.25) is 4.90 Å². The highest BCUT2D eigenvalue weighted by Crippen LogP contribution is 2.22. The van der Waals surface area contributed by atoms with Crippen molar-refractivity contribution in [3.05, 3.63) is 35.6 Å². The van der Waals surface area contributed by atoms with Crippen LogP contribution in [0.4, 0.5) is 4.39 Å². The van der Waals surface area contributed by atoms with Crippen molar-refractivity contribution in [2.24, 2.45) is 0 Å². The minimum absolute atomic E-state index is 0.194. The number of likely N-dealkylation sites (tertiary alicyclic amines) is 1. The third-order valence-corrected chi connectivity index (χ3v) is 3.61. The molecule has 18 heavy (non-hydrogen) atoms. The van der Waals surface area contributed by atoms with E-state index in [-0.39, 0.29) is 5.82 Å². The quantitative estimate of drug-likeness (QED) is 0.849. The molecule has 1 saturated heterocycles. The molecule has 2 rings (SSSR count). The van der Waals surface area contributed by atoms with Crippen LogP contribution in [0.1, 0.15) is 18.4 Å². The van der Waals surface area contributed by atoms with E-state index in [1.54, 1.807) is 0 Å². The van der Waals surface area contributed by atoms with Gasteiger partial charge in [-0.15, -0.1) is 0 Å². The maximum absolute atomic E-state index is 12.8. The molecule has 3 nitrogen and oxygen atoms in total.